The quantitative estimate of drug-likeness (QED) is 0.868. The van der Waals surface area contributed by atoms with E-state index in [1.165, 1.54) is 11.1 Å². The minimum atomic E-state index is -0.354. The average molecular weight is 246 g/mol. The van der Waals surface area contributed by atoms with Crippen LogP contribution >= 0.6 is 0 Å². The molecule has 2 rings (SSSR count). The second-order valence-corrected chi connectivity index (χ2v) is 5.22. The van der Waals surface area contributed by atoms with Crippen molar-refractivity contribution < 1.29 is 4.79 Å². The summed E-state index contributed by atoms with van der Waals surface area (Å²) in [5.41, 5.74) is 8.52. The Morgan fingerprint density at radius 3 is 2.50 bits per heavy atom. The van der Waals surface area contributed by atoms with E-state index in [1.54, 1.807) is 0 Å². The summed E-state index contributed by atoms with van der Waals surface area (Å²) in [6.07, 6.45) is 0.750. The summed E-state index contributed by atoms with van der Waals surface area (Å²) in [5, 5.41) is 0. The van der Waals surface area contributed by atoms with Gasteiger partial charge < -0.3 is 10.6 Å². The molecular weight excluding hydrogens is 224 g/mol. The van der Waals surface area contributed by atoms with E-state index in [1.807, 2.05) is 11.8 Å². The highest BCUT2D eigenvalue weighted by Crippen LogP contribution is 2.32. The van der Waals surface area contributed by atoms with Gasteiger partial charge in [-0.3, -0.25) is 4.79 Å². The number of carbonyl (C=O) groups excluding carboxylic acids is 1. The molecule has 0 saturated carbocycles. The van der Waals surface area contributed by atoms with Gasteiger partial charge in [-0.25, -0.2) is 0 Å². The van der Waals surface area contributed by atoms with Gasteiger partial charge in [-0.1, -0.05) is 29.8 Å². The first-order chi connectivity index (χ1) is 8.54. The molecule has 1 fully saturated rings. The largest absolute Gasteiger partial charge is 0.338 e. The van der Waals surface area contributed by atoms with E-state index in [4.69, 9.17) is 5.73 Å². The smallest absolute Gasteiger partial charge is 0.239 e. The van der Waals surface area contributed by atoms with Gasteiger partial charge in [-0.05, 0) is 32.8 Å². The maximum atomic E-state index is 12.0. The molecule has 1 aliphatic heterocycles. The Labute approximate surface area is 109 Å². The van der Waals surface area contributed by atoms with Crippen LogP contribution in [0, 0.1) is 6.92 Å². The van der Waals surface area contributed by atoms with Gasteiger partial charge in [-0.15, -0.1) is 0 Å². The van der Waals surface area contributed by atoms with Crippen LogP contribution < -0.4 is 5.73 Å². The van der Waals surface area contributed by atoms with Crippen LogP contribution in [0.25, 0.3) is 0 Å². The van der Waals surface area contributed by atoms with E-state index in [-0.39, 0.29) is 18.0 Å². The van der Waals surface area contributed by atoms with Gasteiger partial charge in [0.1, 0.15) is 0 Å². The minimum absolute atomic E-state index is 0.0911. The Hall–Kier alpha value is -1.35. The van der Waals surface area contributed by atoms with Crippen molar-refractivity contribution in [2.75, 3.05) is 6.54 Å². The second kappa shape index (κ2) is 5.11. The van der Waals surface area contributed by atoms with Crippen molar-refractivity contribution in [1.82, 2.24) is 4.90 Å². The van der Waals surface area contributed by atoms with Crippen LogP contribution in [-0.2, 0) is 4.79 Å². The van der Waals surface area contributed by atoms with Gasteiger partial charge in [0.15, 0.2) is 0 Å². The van der Waals surface area contributed by atoms with Gasteiger partial charge >= 0.3 is 0 Å². The third-order valence-electron chi connectivity index (χ3n) is 4.03. The number of rotatable bonds is 2. The molecule has 3 atom stereocenters. The number of hydrogen-bond acceptors (Lipinski definition) is 2. The van der Waals surface area contributed by atoms with Crippen molar-refractivity contribution in [2.24, 2.45) is 5.73 Å². The van der Waals surface area contributed by atoms with E-state index in [0.29, 0.717) is 5.92 Å². The topological polar surface area (TPSA) is 46.3 Å². The molecule has 3 heteroatoms. The first-order valence-electron chi connectivity index (χ1n) is 6.67. The van der Waals surface area contributed by atoms with Crippen LogP contribution in [-0.4, -0.2) is 29.4 Å². The Kier molecular flexibility index (Phi) is 3.71. The molecule has 98 valence electrons. The molecule has 0 aromatic heterocycles. The summed E-state index contributed by atoms with van der Waals surface area (Å²) in [7, 11) is 0. The van der Waals surface area contributed by atoms with Gasteiger partial charge in [-0.2, -0.15) is 0 Å². The fourth-order valence-corrected chi connectivity index (χ4v) is 2.87. The van der Waals surface area contributed by atoms with Crippen molar-refractivity contribution in [3.05, 3.63) is 35.4 Å². The minimum Gasteiger partial charge on any atom is -0.338 e. The molecule has 1 heterocycles. The van der Waals surface area contributed by atoms with Crippen molar-refractivity contribution >= 4 is 5.91 Å². The molecule has 1 aliphatic rings. The summed E-state index contributed by atoms with van der Waals surface area (Å²) in [6, 6.07) is 8.44. The van der Waals surface area contributed by atoms with Crippen molar-refractivity contribution in [1.29, 1.82) is 0 Å². The summed E-state index contributed by atoms with van der Waals surface area (Å²) >= 11 is 0. The molecular formula is C15H22N2O. The number of nitrogens with zero attached hydrogens (tertiary/aromatic N) is 1. The normalized spacial score (nSPS) is 28.6. The summed E-state index contributed by atoms with van der Waals surface area (Å²) < 4.78 is 0. The van der Waals surface area contributed by atoms with Crippen molar-refractivity contribution in [3.63, 3.8) is 0 Å². The van der Waals surface area contributed by atoms with E-state index in [0.717, 1.165) is 13.0 Å². The van der Waals surface area contributed by atoms with Crippen LogP contribution in [0.5, 0.6) is 0 Å². The van der Waals surface area contributed by atoms with Crippen molar-refractivity contribution in [2.45, 2.75) is 45.2 Å². The molecule has 18 heavy (non-hydrogen) atoms. The fourth-order valence-electron chi connectivity index (χ4n) is 2.87. The molecule has 0 unspecified atom stereocenters. The second-order valence-electron chi connectivity index (χ2n) is 5.22. The number of hydrogen-bond donors (Lipinski definition) is 1. The lowest BCUT2D eigenvalue weighted by molar-refractivity contribution is -0.138. The van der Waals surface area contributed by atoms with Crippen LogP contribution in [0.2, 0.25) is 0 Å². The first kappa shape index (κ1) is 13.1. The van der Waals surface area contributed by atoms with E-state index >= 15 is 0 Å². The van der Waals surface area contributed by atoms with Crippen LogP contribution in [0.3, 0.4) is 0 Å². The molecule has 2 N–H and O–H groups in total. The summed E-state index contributed by atoms with van der Waals surface area (Å²) in [5.74, 6) is 0.437. The molecule has 0 spiro atoms. The first-order valence-corrected chi connectivity index (χ1v) is 6.67. The van der Waals surface area contributed by atoms with Crippen LogP contribution in [0.15, 0.2) is 24.3 Å². The highest BCUT2D eigenvalue weighted by atomic mass is 16.2. The lowest BCUT2D eigenvalue weighted by atomic mass is 9.82. The Balaban J connectivity index is 2.27. The van der Waals surface area contributed by atoms with Crippen molar-refractivity contribution in [3.8, 4) is 0 Å². The van der Waals surface area contributed by atoms with Gasteiger partial charge in [0, 0.05) is 18.5 Å². The van der Waals surface area contributed by atoms with E-state index in [2.05, 4.69) is 38.1 Å². The number of amides is 1. The number of piperidine rings is 1. The predicted molar refractivity (Wildman–Crippen MR) is 73.4 cm³/mol. The van der Waals surface area contributed by atoms with Crippen LogP contribution in [0.4, 0.5) is 0 Å². The molecule has 0 bridgehead atoms. The summed E-state index contributed by atoms with van der Waals surface area (Å²) in [4.78, 5) is 13.9. The number of nitrogens with two attached hydrogens (primary N) is 1. The zero-order valence-corrected chi connectivity index (χ0v) is 11.4. The third kappa shape index (κ3) is 2.27. The van der Waals surface area contributed by atoms with Gasteiger partial charge in [0.25, 0.3) is 0 Å². The molecule has 1 aromatic rings. The number of likely N-dealkylation sites (N-methyl/N-ethyl adjacent to an activating group) is 1. The highest BCUT2D eigenvalue weighted by Gasteiger charge is 2.37. The standard InChI is InChI=1S/C15H22N2O/c1-4-17-11(3)13(9-14(16)15(17)18)12-7-5-10(2)6-8-12/h5-8,11,13-14H,4,9,16H2,1-3H3/t11-,13-,14+/m1/s1. The Morgan fingerprint density at radius 2 is 1.94 bits per heavy atom. The number of benzene rings is 1. The number of likely N-dealkylation sites (tertiary alicyclic amines) is 1. The monoisotopic (exact) mass is 246 g/mol. The molecule has 1 saturated heterocycles. The molecule has 3 nitrogen and oxygen atoms in total. The van der Waals surface area contributed by atoms with Gasteiger partial charge in [0.2, 0.25) is 5.91 Å². The zero-order valence-electron chi connectivity index (χ0n) is 11.4. The van der Waals surface area contributed by atoms with E-state index < -0.39 is 0 Å². The number of carbonyl (C=O) groups is 1. The predicted octanol–water partition coefficient (Wildman–Crippen LogP) is 2.05. The highest BCUT2D eigenvalue weighted by molar-refractivity contribution is 5.83. The maximum absolute atomic E-state index is 12.0. The average Bonchev–Trinajstić information content (AvgIpc) is 2.36. The van der Waals surface area contributed by atoms with Gasteiger partial charge in [0.05, 0.1) is 6.04 Å². The SMILES string of the molecule is CCN1C(=O)[C@@H](N)C[C@@H](c2ccc(C)cc2)[C@H]1C. The zero-order chi connectivity index (χ0) is 13.3. The summed E-state index contributed by atoms with van der Waals surface area (Å²) in [6.45, 7) is 6.95. The molecule has 1 amide bonds. The lowest BCUT2D eigenvalue weighted by Gasteiger charge is -2.41. The molecule has 0 aliphatic carbocycles. The number of aryl methyl sites for hydroxylation is 1. The Bertz CT molecular complexity index is 427. The molecule has 0 radical (unpaired) electrons. The fraction of sp³-hybridized carbons (Fsp3) is 0.533. The Morgan fingerprint density at radius 1 is 1.33 bits per heavy atom. The maximum Gasteiger partial charge on any atom is 0.239 e. The molecule has 1 aromatic carbocycles. The third-order valence-corrected chi connectivity index (χ3v) is 4.03. The van der Waals surface area contributed by atoms with Crippen LogP contribution in [0.1, 0.15) is 37.3 Å². The van der Waals surface area contributed by atoms with E-state index in [9.17, 15) is 4.79 Å². The lowest BCUT2D eigenvalue weighted by Crippen LogP contribution is -2.55.